The fraction of sp³-hybridized carbons (Fsp3) is 0.118. The number of hydrogen-bond donors (Lipinski definition) is 3. The lowest BCUT2D eigenvalue weighted by Crippen LogP contribution is -2.26. The molecule has 0 aliphatic carbocycles. The lowest BCUT2D eigenvalue weighted by molar-refractivity contribution is 0.620. The van der Waals surface area contributed by atoms with Crippen LogP contribution in [0.1, 0.15) is 11.1 Å². The molecule has 2 aromatic carbocycles. The van der Waals surface area contributed by atoms with E-state index < -0.39 is 0 Å². The van der Waals surface area contributed by atoms with Crippen LogP contribution in [0.4, 0.5) is 5.69 Å². The highest BCUT2D eigenvalue weighted by Crippen LogP contribution is 2.29. The van der Waals surface area contributed by atoms with E-state index in [-0.39, 0.29) is 11.9 Å². The van der Waals surface area contributed by atoms with Crippen LogP contribution in [-0.4, -0.2) is 16.9 Å². The smallest absolute Gasteiger partial charge is 0.227 e. The van der Waals surface area contributed by atoms with Gasteiger partial charge in [0.05, 0.1) is 5.69 Å². The Hall–Kier alpha value is -3.35. The Morgan fingerprint density at radius 1 is 1.04 bits per heavy atom. The van der Waals surface area contributed by atoms with Crippen molar-refractivity contribution < 1.29 is 4.42 Å². The third kappa shape index (κ3) is 3.19. The van der Waals surface area contributed by atoms with Gasteiger partial charge in [-0.3, -0.25) is 0 Å². The van der Waals surface area contributed by atoms with E-state index in [1.807, 2.05) is 50.2 Å². The van der Waals surface area contributed by atoms with Gasteiger partial charge in [0.15, 0.2) is 11.5 Å². The van der Waals surface area contributed by atoms with Gasteiger partial charge in [0.1, 0.15) is 5.52 Å². The number of fused-ring (bicyclic) bond motifs is 1. The van der Waals surface area contributed by atoms with Crippen LogP contribution in [0.15, 0.2) is 50.8 Å². The molecule has 3 rings (SSSR count). The van der Waals surface area contributed by atoms with E-state index in [0.29, 0.717) is 11.6 Å². The molecule has 0 aliphatic heterocycles. The number of aromatic nitrogens is 1. The number of guanidine groups is 2. The molecule has 0 unspecified atom stereocenters. The summed E-state index contributed by atoms with van der Waals surface area (Å²) in [6.45, 7) is 3.93. The summed E-state index contributed by atoms with van der Waals surface area (Å²) in [5, 5.41) is 0. The number of nitrogens with zero attached hydrogens (tertiary/aromatic N) is 3. The molecule has 1 heterocycles. The van der Waals surface area contributed by atoms with Gasteiger partial charge >= 0.3 is 0 Å². The van der Waals surface area contributed by atoms with Gasteiger partial charge in [0.2, 0.25) is 11.9 Å². The van der Waals surface area contributed by atoms with Crippen molar-refractivity contribution in [3.63, 3.8) is 0 Å². The molecule has 0 saturated heterocycles. The monoisotopic (exact) mass is 322 g/mol. The molecule has 0 atom stereocenters. The van der Waals surface area contributed by atoms with Gasteiger partial charge in [-0.15, -0.1) is 0 Å². The zero-order valence-corrected chi connectivity index (χ0v) is 13.4. The number of aliphatic imine (C=N–C) groups is 2. The first-order valence-electron chi connectivity index (χ1n) is 7.34. The third-order valence-electron chi connectivity index (χ3n) is 3.48. The minimum Gasteiger partial charge on any atom is -0.436 e. The first-order chi connectivity index (χ1) is 11.4. The van der Waals surface area contributed by atoms with Crippen molar-refractivity contribution in [2.45, 2.75) is 13.8 Å². The molecule has 7 heteroatoms. The van der Waals surface area contributed by atoms with Crippen molar-refractivity contribution in [2.75, 3.05) is 0 Å². The van der Waals surface area contributed by atoms with E-state index in [4.69, 9.17) is 21.6 Å². The normalized spacial score (nSPS) is 11.7. The average Bonchev–Trinajstić information content (AvgIpc) is 2.91. The van der Waals surface area contributed by atoms with Gasteiger partial charge < -0.3 is 21.6 Å². The average molecular weight is 322 g/mol. The Balaban J connectivity index is 2.05. The number of nitrogens with two attached hydrogens (primary N) is 3. The zero-order valence-electron chi connectivity index (χ0n) is 13.4. The molecule has 24 heavy (non-hydrogen) atoms. The molecular weight excluding hydrogens is 304 g/mol. The number of benzene rings is 2. The second-order valence-electron chi connectivity index (χ2n) is 5.50. The largest absolute Gasteiger partial charge is 0.436 e. The van der Waals surface area contributed by atoms with Crippen LogP contribution in [0, 0.1) is 13.8 Å². The van der Waals surface area contributed by atoms with Crippen LogP contribution in [-0.2, 0) is 0 Å². The predicted octanol–water partition coefficient (Wildman–Crippen LogP) is 2.33. The molecule has 6 N–H and O–H groups in total. The summed E-state index contributed by atoms with van der Waals surface area (Å²) in [5.41, 5.74) is 21.4. The minimum atomic E-state index is -0.139. The Kier molecular flexibility index (Phi) is 3.91. The Bertz CT molecular complexity index is 966. The molecule has 0 amide bonds. The molecule has 0 saturated carbocycles. The van der Waals surface area contributed by atoms with E-state index in [0.717, 1.165) is 27.8 Å². The number of rotatable bonds is 2. The minimum absolute atomic E-state index is 0.0107. The maximum atomic E-state index is 5.82. The summed E-state index contributed by atoms with van der Waals surface area (Å²) in [6, 6.07) is 11.5. The van der Waals surface area contributed by atoms with Crippen molar-refractivity contribution in [1.29, 1.82) is 0 Å². The number of oxazole rings is 1. The van der Waals surface area contributed by atoms with Crippen LogP contribution >= 0.6 is 0 Å². The zero-order chi connectivity index (χ0) is 17.3. The summed E-state index contributed by atoms with van der Waals surface area (Å²) in [4.78, 5) is 12.5. The summed E-state index contributed by atoms with van der Waals surface area (Å²) in [5.74, 6) is 0.371. The van der Waals surface area contributed by atoms with Crippen molar-refractivity contribution in [2.24, 2.45) is 27.2 Å². The van der Waals surface area contributed by atoms with Gasteiger partial charge in [-0.05, 0) is 49.2 Å². The Morgan fingerprint density at radius 3 is 2.58 bits per heavy atom. The van der Waals surface area contributed by atoms with E-state index in [9.17, 15) is 0 Å². The van der Waals surface area contributed by atoms with Crippen molar-refractivity contribution in [3.8, 4) is 11.5 Å². The quantitative estimate of drug-likeness (QED) is 0.492. The first-order valence-corrected chi connectivity index (χ1v) is 7.34. The lowest BCUT2D eigenvalue weighted by Gasteiger charge is -2.03. The molecule has 7 nitrogen and oxygen atoms in total. The van der Waals surface area contributed by atoms with Crippen molar-refractivity contribution in [1.82, 2.24) is 4.98 Å². The van der Waals surface area contributed by atoms with Gasteiger partial charge in [-0.25, -0.2) is 9.98 Å². The Morgan fingerprint density at radius 2 is 1.83 bits per heavy atom. The third-order valence-corrected chi connectivity index (χ3v) is 3.48. The van der Waals surface area contributed by atoms with Crippen LogP contribution < -0.4 is 17.2 Å². The maximum Gasteiger partial charge on any atom is 0.227 e. The number of hydrogen-bond acceptors (Lipinski definition) is 3. The number of aryl methyl sites for hydroxylation is 2. The van der Waals surface area contributed by atoms with Crippen LogP contribution in [0.5, 0.6) is 0 Å². The lowest BCUT2D eigenvalue weighted by atomic mass is 10.1. The van der Waals surface area contributed by atoms with Gasteiger partial charge in [-0.1, -0.05) is 12.1 Å². The summed E-state index contributed by atoms with van der Waals surface area (Å²) >= 11 is 0. The van der Waals surface area contributed by atoms with E-state index in [1.54, 1.807) is 0 Å². The van der Waals surface area contributed by atoms with E-state index in [1.165, 1.54) is 0 Å². The van der Waals surface area contributed by atoms with Crippen LogP contribution in [0.3, 0.4) is 0 Å². The highest BCUT2D eigenvalue weighted by Gasteiger charge is 2.10. The molecule has 3 aromatic rings. The summed E-state index contributed by atoms with van der Waals surface area (Å²) in [7, 11) is 0. The standard InChI is InChI=1S/C17H18N6O/c1-9-3-6-14-13(7-9)21-15(24-14)11-5-4-10(2)12(8-11)22-17(20)23-16(18)19/h3-8H,1-2H3,(H6,18,19,20,22,23). The molecule has 1 aromatic heterocycles. The molecular formula is C17H18N6O. The van der Waals surface area contributed by atoms with Gasteiger partial charge in [0, 0.05) is 5.56 Å². The molecule has 0 radical (unpaired) electrons. The predicted molar refractivity (Wildman–Crippen MR) is 96.0 cm³/mol. The molecule has 122 valence electrons. The van der Waals surface area contributed by atoms with E-state index >= 15 is 0 Å². The molecule has 0 aliphatic rings. The summed E-state index contributed by atoms with van der Waals surface area (Å²) < 4.78 is 5.82. The van der Waals surface area contributed by atoms with Gasteiger partial charge in [0.25, 0.3) is 0 Å². The van der Waals surface area contributed by atoms with Crippen LogP contribution in [0.2, 0.25) is 0 Å². The molecule has 0 fully saturated rings. The second kappa shape index (κ2) is 6.04. The van der Waals surface area contributed by atoms with Gasteiger partial charge in [-0.2, -0.15) is 4.99 Å². The maximum absolute atomic E-state index is 5.82. The first kappa shape index (κ1) is 15.5. The molecule has 0 spiro atoms. The summed E-state index contributed by atoms with van der Waals surface area (Å²) in [6.07, 6.45) is 0. The highest BCUT2D eigenvalue weighted by atomic mass is 16.3. The second-order valence-corrected chi connectivity index (χ2v) is 5.50. The van der Waals surface area contributed by atoms with Crippen molar-refractivity contribution >= 4 is 28.7 Å². The molecule has 0 bridgehead atoms. The fourth-order valence-corrected chi connectivity index (χ4v) is 2.30. The SMILES string of the molecule is Cc1ccc2oc(-c3ccc(C)c(N=C(N)N=C(N)N)c3)nc2c1. The van der Waals surface area contributed by atoms with Crippen LogP contribution in [0.25, 0.3) is 22.6 Å². The Labute approximate surface area is 138 Å². The van der Waals surface area contributed by atoms with E-state index in [2.05, 4.69) is 15.0 Å². The van der Waals surface area contributed by atoms with Crippen molar-refractivity contribution in [3.05, 3.63) is 47.5 Å². The highest BCUT2D eigenvalue weighted by molar-refractivity contribution is 5.94. The fourth-order valence-electron chi connectivity index (χ4n) is 2.30. The topological polar surface area (TPSA) is 129 Å².